The molecule has 1 aromatic heterocycles. The Labute approximate surface area is 278 Å². The zero-order chi connectivity index (χ0) is 33.8. The predicted molar refractivity (Wildman–Crippen MR) is 174 cm³/mol. The van der Waals surface area contributed by atoms with Crippen LogP contribution in [0.2, 0.25) is 10.0 Å². The molecular formula is C32H36Cl2N2O9S. The number of benzene rings is 2. The number of hydrogen-bond donors (Lipinski definition) is 0. The first kappa shape index (κ1) is 35.1. The number of pyridine rings is 1. The van der Waals surface area contributed by atoms with Gasteiger partial charge >= 0.3 is 12.1 Å². The number of carbonyl (C=O) groups excluding carboxylic acids is 2. The fourth-order valence-corrected chi connectivity index (χ4v) is 5.76. The Morgan fingerprint density at radius 3 is 2.20 bits per heavy atom. The molecule has 0 bridgehead atoms. The number of amides is 1. The van der Waals surface area contributed by atoms with E-state index in [1.54, 1.807) is 39.0 Å². The normalized spacial score (nSPS) is 13.8. The molecule has 2 aromatic carbocycles. The van der Waals surface area contributed by atoms with E-state index >= 15 is 0 Å². The van der Waals surface area contributed by atoms with Crippen molar-refractivity contribution in [3.8, 4) is 17.2 Å². The molecule has 4 rings (SSSR count). The summed E-state index contributed by atoms with van der Waals surface area (Å²) in [5.74, 6) is 0.412. The molecule has 0 aliphatic heterocycles. The number of esters is 1. The first-order valence-electron chi connectivity index (χ1n) is 14.3. The topological polar surface area (TPSA) is 131 Å². The van der Waals surface area contributed by atoms with E-state index in [1.807, 2.05) is 0 Å². The highest BCUT2D eigenvalue weighted by atomic mass is 35.5. The molecular weight excluding hydrogens is 659 g/mol. The van der Waals surface area contributed by atoms with Gasteiger partial charge in [0, 0.05) is 18.8 Å². The van der Waals surface area contributed by atoms with Crippen molar-refractivity contribution >= 4 is 51.0 Å². The summed E-state index contributed by atoms with van der Waals surface area (Å²) in [4.78, 5) is 30.8. The zero-order valence-electron chi connectivity index (χ0n) is 26.3. The van der Waals surface area contributed by atoms with E-state index in [0.717, 1.165) is 19.1 Å². The first-order valence-corrected chi connectivity index (χ1v) is 16.9. The van der Waals surface area contributed by atoms with Gasteiger partial charge in [0.1, 0.15) is 23.1 Å². The van der Waals surface area contributed by atoms with E-state index in [9.17, 15) is 18.0 Å². The first-order chi connectivity index (χ1) is 21.6. The van der Waals surface area contributed by atoms with Crippen LogP contribution < -0.4 is 18.5 Å². The Bertz CT molecular complexity index is 1690. The molecule has 1 saturated carbocycles. The zero-order valence-corrected chi connectivity index (χ0v) is 28.7. The van der Waals surface area contributed by atoms with Gasteiger partial charge < -0.3 is 23.7 Å². The van der Waals surface area contributed by atoms with Crippen molar-refractivity contribution < 1.29 is 41.7 Å². The quantitative estimate of drug-likeness (QED) is 0.182. The average Bonchev–Trinajstić information content (AvgIpc) is 3.80. The maximum atomic E-state index is 13.7. The number of hydrogen-bond acceptors (Lipinski definition) is 10. The maximum absolute atomic E-state index is 13.7. The second kappa shape index (κ2) is 14.4. The lowest BCUT2D eigenvalue weighted by Gasteiger charge is -2.27. The standard InChI is InChI=1S/C32H36Cl2N2O9S/c1-32(2,3)45-31(38)36(46(6,39)40)25-11-9-21(14-28(25)43-18-19-7-8-19)30(37)44-27(15-22-23(33)16-35-17-24(22)34)20-10-12-26(41-4)29(13-20)42-5/h9-14,16-17,19,27H,7-8,15,18H2,1-6H3/t27-/m0/s1. The predicted octanol–water partition coefficient (Wildman–Crippen LogP) is 7.04. The third-order valence-electron chi connectivity index (χ3n) is 6.85. The Morgan fingerprint density at radius 1 is 0.978 bits per heavy atom. The third-order valence-corrected chi connectivity index (χ3v) is 8.51. The van der Waals surface area contributed by atoms with Crippen LogP contribution in [-0.4, -0.2) is 58.1 Å². The van der Waals surface area contributed by atoms with Gasteiger partial charge in [0.2, 0.25) is 10.0 Å². The number of carbonyl (C=O) groups is 2. The van der Waals surface area contributed by atoms with E-state index in [0.29, 0.717) is 26.9 Å². The van der Waals surface area contributed by atoms with Crippen molar-refractivity contribution in [1.82, 2.24) is 4.98 Å². The highest BCUT2D eigenvalue weighted by Crippen LogP contribution is 2.38. The van der Waals surface area contributed by atoms with E-state index < -0.39 is 33.8 Å². The summed E-state index contributed by atoms with van der Waals surface area (Å²) >= 11 is 12.8. The van der Waals surface area contributed by atoms with Gasteiger partial charge in [-0.1, -0.05) is 29.3 Å². The van der Waals surface area contributed by atoms with Gasteiger partial charge in [0.05, 0.1) is 42.7 Å². The number of rotatable bonds is 12. The Balaban J connectivity index is 1.74. The molecule has 46 heavy (non-hydrogen) atoms. The smallest absolute Gasteiger partial charge is 0.429 e. The molecule has 0 saturated heterocycles. The summed E-state index contributed by atoms with van der Waals surface area (Å²) in [6, 6.07) is 9.09. The third kappa shape index (κ3) is 8.95. The lowest BCUT2D eigenvalue weighted by molar-refractivity contribution is 0.0296. The summed E-state index contributed by atoms with van der Waals surface area (Å²) in [5.41, 5.74) is 0.0459. The molecule has 1 aliphatic rings. The van der Waals surface area contributed by atoms with E-state index in [2.05, 4.69) is 4.98 Å². The van der Waals surface area contributed by atoms with E-state index in [-0.39, 0.29) is 46.0 Å². The molecule has 0 spiro atoms. The molecule has 248 valence electrons. The van der Waals surface area contributed by atoms with Crippen molar-refractivity contribution in [2.75, 3.05) is 31.4 Å². The van der Waals surface area contributed by atoms with Crippen molar-refractivity contribution in [3.63, 3.8) is 0 Å². The van der Waals surface area contributed by atoms with Crippen LogP contribution in [0.3, 0.4) is 0 Å². The average molecular weight is 696 g/mol. The maximum Gasteiger partial charge on any atom is 0.429 e. The minimum Gasteiger partial charge on any atom is -0.493 e. The van der Waals surface area contributed by atoms with Gasteiger partial charge in [-0.25, -0.2) is 18.0 Å². The van der Waals surface area contributed by atoms with Gasteiger partial charge in [-0.05, 0) is 81.0 Å². The van der Waals surface area contributed by atoms with Gasteiger partial charge in [-0.3, -0.25) is 4.98 Å². The van der Waals surface area contributed by atoms with Crippen LogP contribution in [0.5, 0.6) is 17.2 Å². The van der Waals surface area contributed by atoms with Gasteiger partial charge in [0.15, 0.2) is 11.5 Å². The number of halogens is 2. The Hall–Kier alpha value is -3.74. The van der Waals surface area contributed by atoms with Crippen molar-refractivity contribution in [3.05, 3.63) is 75.5 Å². The second-order valence-electron chi connectivity index (χ2n) is 11.7. The molecule has 14 heteroatoms. The summed E-state index contributed by atoms with van der Waals surface area (Å²) in [6.07, 6.45) is 3.74. The molecule has 3 aromatic rings. The van der Waals surface area contributed by atoms with Crippen molar-refractivity contribution in [2.24, 2.45) is 5.92 Å². The lowest BCUT2D eigenvalue weighted by atomic mass is 10.0. The van der Waals surface area contributed by atoms with Gasteiger partial charge in [-0.2, -0.15) is 4.31 Å². The van der Waals surface area contributed by atoms with Crippen LogP contribution >= 0.6 is 23.2 Å². The van der Waals surface area contributed by atoms with Crippen LogP contribution in [-0.2, 0) is 25.9 Å². The lowest BCUT2D eigenvalue weighted by Crippen LogP contribution is -2.40. The number of aromatic nitrogens is 1. The number of ether oxygens (including phenoxy) is 5. The van der Waals surface area contributed by atoms with Crippen LogP contribution in [0, 0.1) is 5.92 Å². The number of anilines is 1. The summed E-state index contributed by atoms with van der Waals surface area (Å²) in [5, 5.41) is 0.578. The van der Waals surface area contributed by atoms with E-state index in [4.69, 9.17) is 46.9 Å². The van der Waals surface area contributed by atoms with Crippen molar-refractivity contribution in [1.29, 1.82) is 0 Å². The molecule has 1 amide bonds. The Morgan fingerprint density at radius 2 is 1.63 bits per heavy atom. The molecule has 0 unspecified atom stereocenters. The fourth-order valence-electron chi connectivity index (χ4n) is 4.43. The molecule has 11 nitrogen and oxygen atoms in total. The van der Waals surface area contributed by atoms with Crippen LogP contribution in [0.1, 0.15) is 61.2 Å². The summed E-state index contributed by atoms with van der Waals surface area (Å²) < 4.78 is 54.4. The van der Waals surface area contributed by atoms with Gasteiger partial charge in [0.25, 0.3) is 0 Å². The molecule has 0 radical (unpaired) electrons. The SMILES string of the molecule is COc1ccc([C@H](Cc2c(Cl)cncc2Cl)OC(=O)c2ccc(N(C(=O)OC(C)(C)C)S(C)(=O)=O)c(OCC3CC3)c2)cc1OC. The monoisotopic (exact) mass is 694 g/mol. The minimum absolute atomic E-state index is 0.000485. The number of sulfonamides is 1. The second-order valence-corrected chi connectivity index (χ2v) is 14.4. The largest absolute Gasteiger partial charge is 0.493 e. The van der Waals surface area contributed by atoms with Crippen LogP contribution in [0.4, 0.5) is 10.5 Å². The molecule has 1 atom stereocenters. The highest BCUT2D eigenvalue weighted by molar-refractivity contribution is 7.92. The minimum atomic E-state index is -4.17. The van der Waals surface area contributed by atoms with Gasteiger partial charge in [-0.15, -0.1) is 0 Å². The fraction of sp³-hybridized carbons (Fsp3) is 0.406. The highest BCUT2D eigenvalue weighted by Gasteiger charge is 2.34. The summed E-state index contributed by atoms with van der Waals surface area (Å²) in [7, 11) is -1.18. The molecule has 1 aliphatic carbocycles. The molecule has 1 fully saturated rings. The van der Waals surface area contributed by atoms with Crippen LogP contribution in [0.25, 0.3) is 0 Å². The Kier molecular flexibility index (Phi) is 11.0. The number of nitrogens with zero attached hydrogens (tertiary/aromatic N) is 2. The van der Waals surface area contributed by atoms with E-state index in [1.165, 1.54) is 44.8 Å². The molecule has 0 N–H and O–H groups in total. The molecule has 1 heterocycles. The summed E-state index contributed by atoms with van der Waals surface area (Å²) in [6.45, 7) is 5.13. The number of methoxy groups -OCH3 is 2. The van der Waals surface area contributed by atoms with Crippen LogP contribution in [0.15, 0.2) is 48.8 Å². The van der Waals surface area contributed by atoms with Crippen molar-refractivity contribution in [2.45, 2.75) is 51.7 Å².